The van der Waals surface area contributed by atoms with Crippen LogP contribution >= 0.6 is 0 Å². The monoisotopic (exact) mass is 336 g/mol. The van der Waals surface area contributed by atoms with Crippen molar-refractivity contribution in [1.29, 1.82) is 0 Å². The molecular weight excluding hydrogens is 320 g/mol. The van der Waals surface area contributed by atoms with Gasteiger partial charge in [0.1, 0.15) is 0 Å². The van der Waals surface area contributed by atoms with Crippen LogP contribution in [0.1, 0.15) is 16.7 Å². The van der Waals surface area contributed by atoms with Crippen molar-refractivity contribution in [2.75, 3.05) is 0 Å². The van der Waals surface area contributed by atoms with E-state index in [-0.39, 0.29) is 4.90 Å². The summed E-state index contributed by atoms with van der Waals surface area (Å²) in [6.07, 6.45) is 3.70. The second-order valence-electron chi connectivity index (χ2n) is 5.82. The van der Waals surface area contributed by atoms with E-state index < -0.39 is 10.0 Å². The van der Waals surface area contributed by atoms with Gasteiger partial charge in [-0.25, -0.2) is 4.83 Å². The van der Waals surface area contributed by atoms with Crippen LogP contribution in [-0.2, 0) is 22.9 Å². The van der Waals surface area contributed by atoms with Crippen molar-refractivity contribution in [3.8, 4) is 0 Å². The van der Waals surface area contributed by atoms with Crippen LogP contribution in [0.2, 0.25) is 0 Å². The van der Waals surface area contributed by atoms with Gasteiger partial charge in [-0.1, -0.05) is 48.5 Å². The Bertz CT molecular complexity index is 1030. The van der Waals surface area contributed by atoms with Crippen molar-refractivity contribution in [2.24, 2.45) is 5.10 Å². The summed E-state index contributed by atoms with van der Waals surface area (Å²) in [6, 6.07) is 18.6. The molecule has 3 aromatic rings. The standard InChI is InChI=1S/C19H16N2O2S/c22-24(23,17-6-2-1-3-7-17)21-20-13-16-12-11-15-10-9-14-5-4-8-18(16)19(14)15/h1-8,11-13,21H,9-10H2/b20-13-. The summed E-state index contributed by atoms with van der Waals surface area (Å²) in [6.45, 7) is 0. The minimum atomic E-state index is -3.64. The van der Waals surface area contributed by atoms with E-state index >= 15 is 0 Å². The zero-order valence-electron chi connectivity index (χ0n) is 12.9. The van der Waals surface area contributed by atoms with Gasteiger partial charge in [-0.2, -0.15) is 13.5 Å². The maximum atomic E-state index is 12.2. The smallest absolute Gasteiger partial charge is 0.200 e. The number of hydrogen-bond acceptors (Lipinski definition) is 3. The summed E-state index contributed by atoms with van der Waals surface area (Å²) >= 11 is 0. The molecule has 24 heavy (non-hydrogen) atoms. The summed E-state index contributed by atoms with van der Waals surface area (Å²) < 4.78 is 24.4. The molecule has 0 radical (unpaired) electrons. The molecule has 0 aliphatic heterocycles. The first-order valence-corrected chi connectivity index (χ1v) is 9.27. The van der Waals surface area contributed by atoms with Gasteiger partial charge in [-0.15, -0.1) is 0 Å². The van der Waals surface area contributed by atoms with E-state index in [4.69, 9.17) is 0 Å². The number of benzene rings is 3. The summed E-state index contributed by atoms with van der Waals surface area (Å²) in [7, 11) is -3.64. The van der Waals surface area contributed by atoms with E-state index in [9.17, 15) is 8.42 Å². The van der Waals surface area contributed by atoms with E-state index in [1.165, 1.54) is 28.6 Å². The van der Waals surface area contributed by atoms with Crippen LogP contribution in [0.3, 0.4) is 0 Å². The largest absolute Gasteiger partial charge is 0.276 e. The summed E-state index contributed by atoms with van der Waals surface area (Å²) in [5.74, 6) is 0. The fraction of sp³-hybridized carbons (Fsp3) is 0.105. The molecule has 0 heterocycles. The highest BCUT2D eigenvalue weighted by Gasteiger charge is 2.15. The fourth-order valence-electron chi connectivity index (χ4n) is 3.20. The van der Waals surface area contributed by atoms with Crippen molar-refractivity contribution in [1.82, 2.24) is 4.83 Å². The van der Waals surface area contributed by atoms with E-state index in [2.05, 4.69) is 28.1 Å². The molecule has 3 aromatic carbocycles. The third kappa shape index (κ3) is 2.57. The number of rotatable bonds is 4. The van der Waals surface area contributed by atoms with Crippen LogP contribution < -0.4 is 4.83 Å². The Labute approximate surface area is 140 Å². The maximum Gasteiger partial charge on any atom is 0.276 e. The first-order valence-electron chi connectivity index (χ1n) is 7.78. The van der Waals surface area contributed by atoms with Gasteiger partial charge in [0.25, 0.3) is 10.0 Å². The van der Waals surface area contributed by atoms with E-state index in [1.54, 1.807) is 24.4 Å². The molecule has 0 fully saturated rings. The minimum absolute atomic E-state index is 0.197. The van der Waals surface area contributed by atoms with E-state index in [1.807, 2.05) is 12.1 Å². The number of sulfonamides is 1. The normalized spacial score (nSPS) is 13.7. The van der Waals surface area contributed by atoms with Crippen LogP contribution in [0.25, 0.3) is 10.8 Å². The molecule has 0 amide bonds. The van der Waals surface area contributed by atoms with Crippen molar-refractivity contribution < 1.29 is 8.42 Å². The molecule has 5 heteroatoms. The van der Waals surface area contributed by atoms with Crippen LogP contribution in [0.5, 0.6) is 0 Å². The molecular formula is C19H16N2O2S. The lowest BCUT2D eigenvalue weighted by molar-refractivity contribution is 0.584. The number of nitrogens with one attached hydrogen (secondary N) is 1. The molecule has 0 saturated heterocycles. The Morgan fingerprint density at radius 2 is 1.62 bits per heavy atom. The van der Waals surface area contributed by atoms with Gasteiger partial charge >= 0.3 is 0 Å². The third-order valence-electron chi connectivity index (χ3n) is 4.34. The Kier molecular flexibility index (Phi) is 3.58. The average Bonchev–Trinajstić information content (AvgIpc) is 3.03. The predicted molar refractivity (Wildman–Crippen MR) is 95.7 cm³/mol. The van der Waals surface area contributed by atoms with Gasteiger partial charge < -0.3 is 0 Å². The lowest BCUT2D eigenvalue weighted by Gasteiger charge is -2.06. The highest BCUT2D eigenvalue weighted by Crippen LogP contribution is 2.32. The topological polar surface area (TPSA) is 58.5 Å². The SMILES string of the molecule is O=S(=O)(N/N=C\c1ccc2c3c(cccc13)CC2)c1ccccc1. The molecule has 0 spiro atoms. The molecule has 1 aliphatic carbocycles. The van der Waals surface area contributed by atoms with Gasteiger partial charge in [0.15, 0.2) is 0 Å². The van der Waals surface area contributed by atoms with Crippen LogP contribution in [0.4, 0.5) is 0 Å². The Morgan fingerprint density at radius 3 is 2.42 bits per heavy atom. The van der Waals surface area contributed by atoms with E-state index in [0.29, 0.717) is 0 Å². The van der Waals surface area contributed by atoms with Crippen LogP contribution in [0, 0.1) is 0 Å². The van der Waals surface area contributed by atoms with Gasteiger partial charge in [0, 0.05) is 5.56 Å². The molecule has 0 bridgehead atoms. The van der Waals surface area contributed by atoms with Gasteiger partial charge in [0.05, 0.1) is 11.1 Å². The molecule has 4 nitrogen and oxygen atoms in total. The zero-order chi connectivity index (χ0) is 16.6. The van der Waals surface area contributed by atoms with Gasteiger partial charge in [0.2, 0.25) is 0 Å². The number of hydrazone groups is 1. The predicted octanol–water partition coefficient (Wildman–Crippen LogP) is 3.25. The van der Waals surface area contributed by atoms with Gasteiger partial charge in [-0.3, -0.25) is 0 Å². The maximum absolute atomic E-state index is 12.2. The van der Waals surface area contributed by atoms with Gasteiger partial charge in [-0.05, 0) is 46.9 Å². The molecule has 0 atom stereocenters. The van der Waals surface area contributed by atoms with Crippen LogP contribution in [0.15, 0.2) is 70.7 Å². The van der Waals surface area contributed by atoms with Crippen molar-refractivity contribution >= 4 is 27.0 Å². The van der Waals surface area contributed by atoms with E-state index in [0.717, 1.165) is 23.8 Å². The fourth-order valence-corrected chi connectivity index (χ4v) is 4.01. The Hall–Kier alpha value is -2.66. The van der Waals surface area contributed by atoms with Crippen molar-refractivity contribution in [3.63, 3.8) is 0 Å². The number of aryl methyl sites for hydroxylation is 2. The molecule has 1 aliphatic rings. The number of hydrogen-bond donors (Lipinski definition) is 1. The lowest BCUT2D eigenvalue weighted by atomic mass is 10.0. The molecule has 120 valence electrons. The molecule has 0 saturated carbocycles. The highest BCUT2D eigenvalue weighted by molar-refractivity contribution is 7.89. The minimum Gasteiger partial charge on any atom is -0.200 e. The van der Waals surface area contributed by atoms with Crippen molar-refractivity contribution in [3.05, 3.63) is 77.4 Å². The molecule has 0 unspecified atom stereocenters. The zero-order valence-corrected chi connectivity index (χ0v) is 13.8. The highest BCUT2D eigenvalue weighted by atomic mass is 32.2. The van der Waals surface area contributed by atoms with Crippen LogP contribution in [-0.4, -0.2) is 14.6 Å². The van der Waals surface area contributed by atoms with Crippen molar-refractivity contribution in [2.45, 2.75) is 17.7 Å². The summed E-state index contributed by atoms with van der Waals surface area (Å²) in [5, 5.41) is 6.36. The molecule has 1 N–H and O–H groups in total. The first kappa shape index (κ1) is 14.9. The Balaban J connectivity index is 1.65. The quantitative estimate of drug-likeness (QED) is 0.587. The average molecular weight is 336 g/mol. The molecule has 0 aromatic heterocycles. The summed E-state index contributed by atoms with van der Waals surface area (Å²) in [4.78, 5) is 2.47. The molecule has 4 rings (SSSR count). The first-order chi connectivity index (χ1) is 11.6. The second-order valence-corrected chi connectivity index (χ2v) is 7.48. The third-order valence-corrected chi connectivity index (χ3v) is 5.58. The number of nitrogens with zero attached hydrogens (tertiary/aromatic N) is 1. The second kappa shape index (κ2) is 5.76. The summed E-state index contributed by atoms with van der Waals surface area (Å²) in [5.41, 5.74) is 3.61. The lowest BCUT2D eigenvalue weighted by Crippen LogP contribution is -2.18. The Morgan fingerprint density at radius 1 is 0.875 bits per heavy atom.